The molecule has 4 aliphatic rings. The van der Waals surface area contributed by atoms with Gasteiger partial charge in [0.1, 0.15) is 24.2 Å². The Bertz CT molecular complexity index is 1110. The zero-order valence-electron chi connectivity index (χ0n) is 20.9. The predicted octanol–water partition coefficient (Wildman–Crippen LogP) is 1.51. The van der Waals surface area contributed by atoms with Gasteiger partial charge in [-0.1, -0.05) is 18.2 Å². The van der Waals surface area contributed by atoms with Gasteiger partial charge in [0, 0.05) is 37.6 Å². The summed E-state index contributed by atoms with van der Waals surface area (Å²) in [5, 5.41) is 9.76. The van der Waals surface area contributed by atoms with Gasteiger partial charge in [0.15, 0.2) is 0 Å². The molecular weight excluding hydrogens is 462 g/mol. The lowest BCUT2D eigenvalue weighted by molar-refractivity contribution is -0.156. The van der Waals surface area contributed by atoms with Gasteiger partial charge >= 0.3 is 5.97 Å². The number of hydrogen-bond donors (Lipinski definition) is 1. The van der Waals surface area contributed by atoms with Gasteiger partial charge in [0.05, 0.1) is 18.1 Å². The zero-order valence-corrected chi connectivity index (χ0v) is 20.9. The second-order valence-electron chi connectivity index (χ2n) is 9.82. The second-order valence-corrected chi connectivity index (χ2v) is 9.82. The summed E-state index contributed by atoms with van der Waals surface area (Å²) in [6, 6.07) is 6.76. The van der Waals surface area contributed by atoms with E-state index in [1.54, 1.807) is 30.1 Å². The van der Waals surface area contributed by atoms with Crippen molar-refractivity contribution in [1.82, 2.24) is 4.90 Å². The first-order valence-electron chi connectivity index (χ1n) is 12.6. The van der Waals surface area contributed by atoms with Crippen molar-refractivity contribution in [2.45, 2.75) is 38.0 Å². The van der Waals surface area contributed by atoms with Crippen LogP contribution in [0.15, 0.2) is 48.6 Å². The molecular formula is C27H33N3O6. The predicted molar refractivity (Wildman–Crippen MR) is 133 cm³/mol. The summed E-state index contributed by atoms with van der Waals surface area (Å²) in [5.41, 5.74) is -0.675. The molecule has 1 aromatic carbocycles. The van der Waals surface area contributed by atoms with Crippen LogP contribution in [0.1, 0.15) is 20.8 Å². The Kier molecular flexibility index (Phi) is 6.16. The van der Waals surface area contributed by atoms with Crippen LogP contribution >= 0.6 is 0 Å². The molecule has 9 heteroatoms. The first-order chi connectivity index (χ1) is 17.3. The van der Waals surface area contributed by atoms with Crippen molar-refractivity contribution < 1.29 is 29.0 Å². The lowest BCUT2D eigenvalue weighted by Crippen LogP contribution is -2.56. The van der Waals surface area contributed by atoms with E-state index in [4.69, 9.17) is 9.47 Å². The maximum absolute atomic E-state index is 14.2. The van der Waals surface area contributed by atoms with Gasteiger partial charge in [0.2, 0.25) is 5.91 Å². The summed E-state index contributed by atoms with van der Waals surface area (Å²) in [6.45, 7) is 7.76. The van der Waals surface area contributed by atoms with Gasteiger partial charge in [-0.2, -0.15) is 0 Å². The number of ether oxygens (including phenoxy) is 2. The Labute approximate surface area is 210 Å². The van der Waals surface area contributed by atoms with E-state index in [2.05, 4.69) is 18.7 Å². The highest BCUT2D eigenvalue weighted by Crippen LogP contribution is 2.57. The van der Waals surface area contributed by atoms with Crippen molar-refractivity contribution in [1.29, 1.82) is 0 Å². The fourth-order valence-corrected chi connectivity index (χ4v) is 6.37. The van der Waals surface area contributed by atoms with Gasteiger partial charge in [0.25, 0.3) is 5.91 Å². The minimum atomic E-state index is -1.35. The molecule has 4 heterocycles. The third kappa shape index (κ3) is 3.48. The standard InChI is InChI=1S/C27H33N3O6/c1-4-28(5-2)18-8-10-19(11-9-18)29-14-6-13-27-20(23(32)30(15-16-31)22(27)24(29)33)21-25(34)35-17-7-12-26(21,3)36-27/h6-13,20-22,31H,4-5,14-17H2,1-3H3/t20-,21-,22?,26+,27-/m0/s1. The zero-order chi connectivity index (χ0) is 25.7. The van der Waals surface area contributed by atoms with E-state index in [1.807, 2.05) is 30.3 Å². The number of aliphatic hydroxyl groups is 1. The van der Waals surface area contributed by atoms with Crippen molar-refractivity contribution in [3.63, 3.8) is 0 Å². The summed E-state index contributed by atoms with van der Waals surface area (Å²) in [4.78, 5) is 46.2. The third-order valence-electron chi connectivity index (χ3n) is 7.94. The number of hydrogen-bond acceptors (Lipinski definition) is 7. The average molecular weight is 496 g/mol. The molecule has 2 amide bonds. The lowest BCUT2D eigenvalue weighted by atomic mass is 9.75. The Morgan fingerprint density at radius 3 is 2.42 bits per heavy atom. The van der Waals surface area contributed by atoms with Crippen LogP contribution in [0.25, 0.3) is 0 Å². The van der Waals surface area contributed by atoms with Crippen LogP contribution in [0.5, 0.6) is 0 Å². The molecule has 5 atom stereocenters. The summed E-state index contributed by atoms with van der Waals surface area (Å²) >= 11 is 0. The van der Waals surface area contributed by atoms with Gasteiger partial charge in [-0.25, -0.2) is 0 Å². The Balaban J connectivity index is 1.56. The highest BCUT2D eigenvalue weighted by atomic mass is 16.6. The van der Waals surface area contributed by atoms with Crippen molar-refractivity contribution in [2.75, 3.05) is 49.2 Å². The van der Waals surface area contributed by atoms with E-state index in [1.165, 1.54) is 4.90 Å². The fourth-order valence-electron chi connectivity index (χ4n) is 6.37. The average Bonchev–Trinajstić information content (AvgIpc) is 3.11. The molecule has 1 unspecified atom stereocenters. The number of β-amino-alcohol motifs (C(OH)–C–C–N with tert-alkyl or cyclic N) is 1. The number of anilines is 2. The van der Waals surface area contributed by atoms with Crippen molar-refractivity contribution >= 4 is 29.2 Å². The van der Waals surface area contributed by atoms with E-state index in [0.29, 0.717) is 12.2 Å². The van der Waals surface area contributed by atoms with E-state index < -0.39 is 35.0 Å². The minimum Gasteiger partial charge on any atom is -0.461 e. The number of amides is 2. The van der Waals surface area contributed by atoms with Crippen LogP contribution in [0.2, 0.25) is 0 Å². The molecule has 1 aromatic rings. The van der Waals surface area contributed by atoms with Gasteiger partial charge < -0.3 is 29.3 Å². The largest absolute Gasteiger partial charge is 0.461 e. The molecule has 0 saturated carbocycles. The summed E-state index contributed by atoms with van der Waals surface area (Å²) in [7, 11) is 0. The molecule has 1 N–H and O–H groups in total. The van der Waals surface area contributed by atoms with Gasteiger partial charge in [-0.05, 0) is 51.1 Å². The summed E-state index contributed by atoms with van der Waals surface area (Å²) in [6.07, 6.45) is 7.10. The number of aliphatic hydroxyl groups excluding tert-OH is 1. The van der Waals surface area contributed by atoms with E-state index in [0.717, 1.165) is 18.8 Å². The number of rotatable bonds is 6. The van der Waals surface area contributed by atoms with Crippen molar-refractivity contribution in [3.05, 3.63) is 48.6 Å². The van der Waals surface area contributed by atoms with E-state index in [-0.39, 0.29) is 31.6 Å². The third-order valence-corrected chi connectivity index (χ3v) is 7.94. The monoisotopic (exact) mass is 495 g/mol. The smallest absolute Gasteiger partial charge is 0.313 e. The number of carbonyl (C=O) groups excluding carboxylic acids is 3. The van der Waals surface area contributed by atoms with E-state index >= 15 is 0 Å². The minimum absolute atomic E-state index is 0.0340. The van der Waals surface area contributed by atoms with Crippen LogP contribution in [-0.2, 0) is 23.9 Å². The molecule has 36 heavy (non-hydrogen) atoms. The first kappa shape index (κ1) is 24.5. The summed E-state index contributed by atoms with van der Waals surface area (Å²) < 4.78 is 12.0. The van der Waals surface area contributed by atoms with Crippen LogP contribution in [-0.4, -0.2) is 84.4 Å². The highest BCUT2D eigenvalue weighted by molar-refractivity contribution is 6.05. The maximum Gasteiger partial charge on any atom is 0.313 e. The van der Waals surface area contributed by atoms with Crippen LogP contribution in [0, 0.1) is 11.8 Å². The fraction of sp³-hybridized carbons (Fsp3) is 0.519. The van der Waals surface area contributed by atoms with E-state index in [9.17, 15) is 19.5 Å². The number of fused-ring (bicyclic) bond motifs is 2. The Hall–Kier alpha value is -3.17. The molecule has 0 radical (unpaired) electrons. The number of benzene rings is 1. The first-order valence-corrected chi connectivity index (χ1v) is 12.6. The normalized spacial score (nSPS) is 33.1. The molecule has 0 bridgehead atoms. The molecule has 192 valence electrons. The van der Waals surface area contributed by atoms with Gasteiger partial charge in [-0.15, -0.1) is 0 Å². The number of carbonyl (C=O) groups is 3. The molecule has 2 fully saturated rings. The number of esters is 1. The molecule has 4 aliphatic heterocycles. The highest BCUT2D eigenvalue weighted by Gasteiger charge is 2.74. The molecule has 0 aliphatic carbocycles. The van der Waals surface area contributed by atoms with Crippen molar-refractivity contribution in [2.24, 2.45) is 11.8 Å². The lowest BCUT2D eigenvalue weighted by Gasteiger charge is -2.37. The quantitative estimate of drug-likeness (QED) is 0.472. The van der Waals surface area contributed by atoms with Gasteiger partial charge in [-0.3, -0.25) is 14.4 Å². The molecule has 5 rings (SSSR count). The number of likely N-dealkylation sites (tertiary alicyclic amines) is 1. The molecule has 0 aromatic heterocycles. The van der Waals surface area contributed by atoms with Crippen LogP contribution in [0.4, 0.5) is 11.4 Å². The topological polar surface area (TPSA) is 99.6 Å². The van der Waals surface area contributed by atoms with Crippen molar-refractivity contribution in [3.8, 4) is 0 Å². The SMILES string of the molecule is CCN(CC)c1ccc(N2CC=C[C@]34O[C@]5(C)C=CCOC(=O)[C@@H]5[C@H]3C(=O)N(CCO)C4C2=O)cc1. The second kappa shape index (κ2) is 9.05. The molecule has 2 saturated heterocycles. The number of nitrogens with zero attached hydrogens (tertiary/aromatic N) is 3. The van der Waals surface area contributed by atoms with Crippen LogP contribution in [0.3, 0.4) is 0 Å². The van der Waals surface area contributed by atoms with Crippen LogP contribution < -0.4 is 9.80 Å². The molecule has 1 spiro atoms. The Morgan fingerprint density at radius 1 is 1.03 bits per heavy atom. The Morgan fingerprint density at radius 2 is 1.75 bits per heavy atom. The summed E-state index contributed by atoms with van der Waals surface area (Å²) in [5.74, 6) is -3.04. The number of cyclic esters (lactones) is 1. The molecule has 9 nitrogen and oxygen atoms in total. The maximum atomic E-state index is 14.2.